The maximum absolute atomic E-state index is 3.99. The fourth-order valence-corrected chi connectivity index (χ4v) is 0.886. The first-order valence-electron chi connectivity index (χ1n) is 6.81. The summed E-state index contributed by atoms with van der Waals surface area (Å²) in [6.45, 7) is 11.9. The third kappa shape index (κ3) is 12.4. The first-order valence-corrected chi connectivity index (χ1v) is 6.81. The lowest BCUT2D eigenvalue weighted by Gasteiger charge is -1.87. The van der Waals surface area contributed by atoms with E-state index in [1.54, 1.807) is 31.0 Å². The zero-order valence-corrected chi connectivity index (χ0v) is 13.0. The standard InChI is InChI=1S/C6H8N2.C5H6N2.2C2H6/c1-2-6-7-4-3-5-8-6;1-5-4-6-2-3-7-5;2*1-2/h3-5H,2H2,1H3;2-4H,1H3;2*1-2H3. The maximum atomic E-state index is 3.99. The Labute approximate surface area is 117 Å². The van der Waals surface area contributed by atoms with Gasteiger partial charge < -0.3 is 0 Å². The molecule has 0 spiro atoms. The molecule has 0 bridgehead atoms. The zero-order chi connectivity index (χ0) is 14.9. The van der Waals surface area contributed by atoms with Crippen LogP contribution in [-0.2, 0) is 6.42 Å². The zero-order valence-electron chi connectivity index (χ0n) is 13.0. The highest BCUT2D eigenvalue weighted by Crippen LogP contribution is 1.85. The maximum Gasteiger partial charge on any atom is 0.127 e. The van der Waals surface area contributed by atoms with E-state index in [1.165, 1.54) is 0 Å². The summed E-state index contributed by atoms with van der Waals surface area (Å²) < 4.78 is 0. The van der Waals surface area contributed by atoms with E-state index in [1.807, 2.05) is 47.6 Å². The van der Waals surface area contributed by atoms with Gasteiger partial charge in [-0.05, 0) is 13.0 Å². The van der Waals surface area contributed by atoms with Crippen LogP contribution in [0.3, 0.4) is 0 Å². The number of hydrogen-bond acceptors (Lipinski definition) is 4. The van der Waals surface area contributed by atoms with Crippen molar-refractivity contribution in [2.75, 3.05) is 0 Å². The molecular weight excluding hydrogens is 236 g/mol. The van der Waals surface area contributed by atoms with Crippen LogP contribution in [0, 0.1) is 6.92 Å². The molecule has 0 fully saturated rings. The van der Waals surface area contributed by atoms with Gasteiger partial charge in [-0.15, -0.1) is 0 Å². The van der Waals surface area contributed by atoms with Gasteiger partial charge in [-0.25, -0.2) is 9.97 Å². The molecule has 0 aliphatic heterocycles. The number of aromatic nitrogens is 4. The molecule has 0 aromatic carbocycles. The highest BCUT2D eigenvalue weighted by molar-refractivity contribution is 4.89. The van der Waals surface area contributed by atoms with Crippen molar-refractivity contribution in [1.82, 2.24) is 19.9 Å². The largest absolute Gasteiger partial charge is 0.261 e. The van der Waals surface area contributed by atoms with Gasteiger partial charge in [0.25, 0.3) is 0 Å². The topological polar surface area (TPSA) is 51.6 Å². The Kier molecular flexibility index (Phi) is 16.6. The van der Waals surface area contributed by atoms with Gasteiger partial charge in [-0.1, -0.05) is 34.6 Å². The molecule has 0 amide bonds. The summed E-state index contributed by atoms with van der Waals surface area (Å²) in [6, 6.07) is 1.82. The summed E-state index contributed by atoms with van der Waals surface area (Å²) in [6.07, 6.45) is 9.49. The fraction of sp³-hybridized carbons (Fsp3) is 0.467. The molecule has 0 saturated heterocycles. The van der Waals surface area contributed by atoms with Crippen molar-refractivity contribution in [3.63, 3.8) is 0 Å². The number of aryl methyl sites for hydroxylation is 2. The Morgan fingerprint density at radius 3 is 1.68 bits per heavy atom. The van der Waals surface area contributed by atoms with Crippen LogP contribution in [0.2, 0.25) is 0 Å². The Morgan fingerprint density at radius 1 is 0.842 bits per heavy atom. The van der Waals surface area contributed by atoms with Crippen LogP contribution >= 0.6 is 0 Å². The molecule has 19 heavy (non-hydrogen) atoms. The summed E-state index contributed by atoms with van der Waals surface area (Å²) in [5, 5.41) is 0. The molecule has 0 aliphatic carbocycles. The second-order valence-electron chi connectivity index (χ2n) is 2.87. The second kappa shape index (κ2) is 16.2. The van der Waals surface area contributed by atoms with Crippen LogP contribution < -0.4 is 0 Å². The SMILES string of the molecule is CC.CC.CCc1ncccn1.Cc1cnccn1. The number of rotatable bonds is 1. The van der Waals surface area contributed by atoms with Crippen LogP contribution in [0.25, 0.3) is 0 Å². The molecule has 4 nitrogen and oxygen atoms in total. The molecular formula is C15H26N4. The Balaban J connectivity index is 0. The van der Waals surface area contributed by atoms with Crippen molar-refractivity contribution in [3.05, 3.63) is 48.6 Å². The smallest absolute Gasteiger partial charge is 0.127 e. The highest BCUT2D eigenvalue weighted by Gasteiger charge is 1.83. The predicted molar refractivity (Wildman–Crippen MR) is 80.9 cm³/mol. The van der Waals surface area contributed by atoms with Crippen LogP contribution in [0.15, 0.2) is 37.1 Å². The average molecular weight is 262 g/mol. The van der Waals surface area contributed by atoms with E-state index in [4.69, 9.17) is 0 Å². The van der Waals surface area contributed by atoms with Crippen molar-refractivity contribution >= 4 is 0 Å². The summed E-state index contributed by atoms with van der Waals surface area (Å²) in [5.41, 5.74) is 0.961. The molecule has 0 saturated carbocycles. The van der Waals surface area contributed by atoms with Gasteiger partial charge >= 0.3 is 0 Å². The van der Waals surface area contributed by atoms with Crippen LogP contribution in [0.1, 0.15) is 46.1 Å². The third-order valence-corrected chi connectivity index (χ3v) is 1.63. The lowest BCUT2D eigenvalue weighted by molar-refractivity contribution is 0.939. The molecule has 0 unspecified atom stereocenters. The fourth-order valence-electron chi connectivity index (χ4n) is 0.886. The van der Waals surface area contributed by atoms with Crippen molar-refractivity contribution in [2.45, 2.75) is 48.0 Å². The predicted octanol–water partition coefficient (Wildman–Crippen LogP) is 3.88. The van der Waals surface area contributed by atoms with Crippen molar-refractivity contribution in [1.29, 1.82) is 0 Å². The summed E-state index contributed by atoms with van der Waals surface area (Å²) in [5.74, 6) is 0.910. The molecule has 106 valence electrons. The molecule has 0 aliphatic rings. The van der Waals surface area contributed by atoms with E-state index in [0.29, 0.717) is 0 Å². The minimum Gasteiger partial charge on any atom is -0.261 e. The van der Waals surface area contributed by atoms with Crippen molar-refractivity contribution in [3.8, 4) is 0 Å². The molecule has 0 atom stereocenters. The van der Waals surface area contributed by atoms with E-state index in [9.17, 15) is 0 Å². The van der Waals surface area contributed by atoms with Gasteiger partial charge in [-0.3, -0.25) is 9.97 Å². The van der Waals surface area contributed by atoms with Crippen LogP contribution in [-0.4, -0.2) is 19.9 Å². The van der Waals surface area contributed by atoms with E-state index in [2.05, 4.69) is 19.9 Å². The second-order valence-corrected chi connectivity index (χ2v) is 2.87. The van der Waals surface area contributed by atoms with E-state index in [0.717, 1.165) is 17.9 Å². The normalized spacial score (nSPS) is 7.68. The highest BCUT2D eigenvalue weighted by atomic mass is 14.8. The van der Waals surface area contributed by atoms with E-state index < -0.39 is 0 Å². The van der Waals surface area contributed by atoms with Crippen LogP contribution in [0.5, 0.6) is 0 Å². The van der Waals surface area contributed by atoms with Crippen LogP contribution in [0.4, 0.5) is 0 Å². The monoisotopic (exact) mass is 262 g/mol. The lowest BCUT2D eigenvalue weighted by atomic mass is 10.4. The average Bonchev–Trinajstić information content (AvgIpc) is 2.53. The minimum atomic E-state index is 0.910. The third-order valence-electron chi connectivity index (χ3n) is 1.63. The quantitative estimate of drug-likeness (QED) is 0.782. The summed E-state index contributed by atoms with van der Waals surface area (Å²) >= 11 is 0. The molecule has 2 heterocycles. The molecule has 2 aromatic heterocycles. The number of hydrogen-bond donors (Lipinski definition) is 0. The Morgan fingerprint density at radius 2 is 1.42 bits per heavy atom. The van der Waals surface area contributed by atoms with Gasteiger partial charge in [0.05, 0.1) is 5.69 Å². The number of nitrogens with zero attached hydrogens (tertiary/aromatic N) is 4. The Bertz CT molecular complexity index is 362. The first kappa shape index (κ1) is 19.5. The van der Waals surface area contributed by atoms with Crippen molar-refractivity contribution in [2.24, 2.45) is 0 Å². The minimum absolute atomic E-state index is 0.910. The Hall–Kier alpha value is -1.84. The lowest BCUT2D eigenvalue weighted by Crippen LogP contribution is -1.87. The van der Waals surface area contributed by atoms with Gasteiger partial charge in [-0.2, -0.15) is 0 Å². The molecule has 4 heteroatoms. The summed E-state index contributed by atoms with van der Waals surface area (Å²) in [7, 11) is 0. The van der Waals surface area contributed by atoms with E-state index in [-0.39, 0.29) is 0 Å². The van der Waals surface area contributed by atoms with E-state index >= 15 is 0 Å². The van der Waals surface area contributed by atoms with Crippen molar-refractivity contribution < 1.29 is 0 Å². The van der Waals surface area contributed by atoms with Gasteiger partial charge in [0.1, 0.15) is 5.82 Å². The van der Waals surface area contributed by atoms with Gasteiger partial charge in [0, 0.05) is 37.4 Å². The van der Waals surface area contributed by atoms with Gasteiger partial charge in [0.2, 0.25) is 0 Å². The summed E-state index contributed by atoms with van der Waals surface area (Å²) in [4.78, 5) is 15.7. The molecule has 2 rings (SSSR count). The molecule has 0 radical (unpaired) electrons. The van der Waals surface area contributed by atoms with Gasteiger partial charge in [0.15, 0.2) is 0 Å². The molecule has 0 N–H and O–H groups in total. The first-order chi connectivity index (χ1) is 9.33. The molecule has 2 aromatic rings.